The summed E-state index contributed by atoms with van der Waals surface area (Å²) in [6.45, 7) is 3.77. The molecule has 1 aliphatic rings. The van der Waals surface area contributed by atoms with E-state index in [1.54, 1.807) is 13.0 Å². The summed E-state index contributed by atoms with van der Waals surface area (Å²) in [5.74, 6) is -0.0968. The van der Waals surface area contributed by atoms with E-state index in [2.05, 4.69) is 5.32 Å². The summed E-state index contributed by atoms with van der Waals surface area (Å²) in [4.78, 5) is 11.9. The standard InChI is InChI=1S/C15H19NO3S/c1-12-3-5-13(6-4-12)7-8-14(17)16-15(2)9-10-20(18,19)11-15/h3-8H,9-11H2,1-2H3,(H,16,17)/b8-7+. The molecule has 4 nitrogen and oxygen atoms in total. The summed E-state index contributed by atoms with van der Waals surface area (Å²) < 4.78 is 22.9. The Balaban J connectivity index is 1.98. The molecule has 0 aromatic heterocycles. The van der Waals surface area contributed by atoms with Crippen LogP contribution < -0.4 is 5.32 Å². The predicted molar refractivity (Wildman–Crippen MR) is 80.0 cm³/mol. The third-order valence-corrected chi connectivity index (χ3v) is 5.34. The largest absolute Gasteiger partial charge is 0.346 e. The molecule has 0 saturated carbocycles. The molecule has 0 bridgehead atoms. The first-order chi connectivity index (χ1) is 9.28. The molecule has 1 aliphatic heterocycles. The van der Waals surface area contributed by atoms with Gasteiger partial charge in [-0.1, -0.05) is 29.8 Å². The fourth-order valence-corrected chi connectivity index (χ4v) is 4.39. The molecule has 0 spiro atoms. The Morgan fingerprint density at radius 2 is 1.95 bits per heavy atom. The highest BCUT2D eigenvalue weighted by atomic mass is 32.2. The van der Waals surface area contributed by atoms with Gasteiger partial charge in [-0.3, -0.25) is 4.79 Å². The van der Waals surface area contributed by atoms with Crippen molar-refractivity contribution in [1.29, 1.82) is 0 Å². The highest BCUT2D eigenvalue weighted by Crippen LogP contribution is 2.22. The van der Waals surface area contributed by atoms with Gasteiger partial charge in [0.15, 0.2) is 9.84 Å². The van der Waals surface area contributed by atoms with Crippen molar-refractivity contribution in [2.24, 2.45) is 0 Å². The van der Waals surface area contributed by atoms with Crippen LogP contribution in [0.25, 0.3) is 6.08 Å². The van der Waals surface area contributed by atoms with Crippen LogP contribution in [0.15, 0.2) is 30.3 Å². The Morgan fingerprint density at radius 3 is 2.50 bits per heavy atom. The van der Waals surface area contributed by atoms with Crippen LogP contribution in [0.2, 0.25) is 0 Å². The van der Waals surface area contributed by atoms with Gasteiger partial charge in [-0.15, -0.1) is 0 Å². The van der Waals surface area contributed by atoms with E-state index in [-0.39, 0.29) is 17.4 Å². The van der Waals surface area contributed by atoms with Crippen molar-refractivity contribution in [3.05, 3.63) is 41.5 Å². The Labute approximate surface area is 119 Å². The van der Waals surface area contributed by atoms with E-state index in [0.29, 0.717) is 6.42 Å². The molecule has 1 aromatic carbocycles. The highest BCUT2D eigenvalue weighted by molar-refractivity contribution is 7.91. The minimum absolute atomic E-state index is 0.0180. The number of rotatable bonds is 3. The van der Waals surface area contributed by atoms with Crippen LogP contribution in [0.3, 0.4) is 0 Å². The molecule has 20 heavy (non-hydrogen) atoms. The van der Waals surface area contributed by atoms with Crippen molar-refractivity contribution in [2.75, 3.05) is 11.5 Å². The second kappa shape index (κ2) is 5.40. The van der Waals surface area contributed by atoms with Crippen LogP contribution in [0.4, 0.5) is 0 Å². The van der Waals surface area contributed by atoms with Crippen LogP contribution in [0.5, 0.6) is 0 Å². The summed E-state index contributed by atoms with van der Waals surface area (Å²) in [5.41, 5.74) is 1.46. The summed E-state index contributed by atoms with van der Waals surface area (Å²) in [6, 6.07) is 7.81. The fraction of sp³-hybridized carbons (Fsp3) is 0.400. The van der Waals surface area contributed by atoms with Gasteiger partial charge in [-0.2, -0.15) is 0 Å². The normalized spacial score (nSPS) is 24.9. The van der Waals surface area contributed by atoms with Crippen LogP contribution in [0.1, 0.15) is 24.5 Å². The molecule has 1 atom stereocenters. The Kier molecular flexibility index (Phi) is 3.99. The molecule has 1 N–H and O–H groups in total. The maximum Gasteiger partial charge on any atom is 0.244 e. The maximum absolute atomic E-state index is 11.9. The lowest BCUT2D eigenvalue weighted by atomic mass is 10.0. The Bertz CT molecular complexity index is 632. The van der Waals surface area contributed by atoms with Crippen molar-refractivity contribution >= 4 is 21.8 Å². The van der Waals surface area contributed by atoms with Gasteiger partial charge in [0.05, 0.1) is 17.0 Å². The summed E-state index contributed by atoms with van der Waals surface area (Å²) >= 11 is 0. The fourth-order valence-electron chi connectivity index (χ4n) is 2.30. The van der Waals surface area contributed by atoms with E-state index >= 15 is 0 Å². The van der Waals surface area contributed by atoms with Gasteiger partial charge < -0.3 is 5.32 Å². The number of carbonyl (C=O) groups excluding carboxylic acids is 1. The average molecular weight is 293 g/mol. The molecule has 1 saturated heterocycles. The van der Waals surface area contributed by atoms with Gasteiger partial charge in [-0.25, -0.2) is 8.42 Å². The first-order valence-electron chi connectivity index (χ1n) is 6.55. The summed E-state index contributed by atoms with van der Waals surface area (Å²) in [5, 5.41) is 2.79. The number of benzene rings is 1. The van der Waals surface area contributed by atoms with Gasteiger partial charge >= 0.3 is 0 Å². The van der Waals surface area contributed by atoms with Crippen LogP contribution >= 0.6 is 0 Å². The molecule has 1 aromatic rings. The lowest BCUT2D eigenvalue weighted by molar-refractivity contribution is -0.117. The minimum atomic E-state index is -3.01. The molecule has 0 aliphatic carbocycles. The molecular formula is C15H19NO3S. The Hall–Kier alpha value is -1.62. The third kappa shape index (κ3) is 3.93. The molecule has 1 unspecified atom stereocenters. The number of hydrogen-bond acceptors (Lipinski definition) is 3. The van der Waals surface area contributed by atoms with E-state index in [1.807, 2.05) is 31.2 Å². The van der Waals surface area contributed by atoms with Crippen molar-refractivity contribution in [3.63, 3.8) is 0 Å². The van der Waals surface area contributed by atoms with E-state index in [1.165, 1.54) is 6.08 Å². The van der Waals surface area contributed by atoms with Crippen molar-refractivity contribution in [1.82, 2.24) is 5.32 Å². The first-order valence-corrected chi connectivity index (χ1v) is 8.38. The Morgan fingerprint density at radius 1 is 1.30 bits per heavy atom. The van der Waals surface area contributed by atoms with Crippen molar-refractivity contribution in [2.45, 2.75) is 25.8 Å². The predicted octanol–water partition coefficient (Wildman–Crippen LogP) is 1.70. The SMILES string of the molecule is Cc1ccc(/C=C/C(=O)NC2(C)CCS(=O)(=O)C2)cc1. The maximum atomic E-state index is 11.9. The van der Waals surface area contributed by atoms with Crippen molar-refractivity contribution in [3.8, 4) is 0 Å². The zero-order valence-electron chi connectivity index (χ0n) is 11.7. The highest BCUT2D eigenvalue weighted by Gasteiger charge is 2.38. The van der Waals surface area contributed by atoms with E-state index in [0.717, 1.165) is 11.1 Å². The third-order valence-electron chi connectivity index (χ3n) is 3.43. The molecule has 1 heterocycles. The average Bonchev–Trinajstić information content (AvgIpc) is 2.62. The number of aryl methyl sites for hydroxylation is 1. The number of carbonyl (C=O) groups is 1. The van der Waals surface area contributed by atoms with Crippen LogP contribution in [0, 0.1) is 6.92 Å². The first kappa shape index (κ1) is 14.8. The number of amides is 1. The molecule has 108 valence electrons. The lowest BCUT2D eigenvalue weighted by Crippen LogP contribution is -2.46. The van der Waals surface area contributed by atoms with Gasteiger partial charge in [-0.05, 0) is 31.9 Å². The molecule has 2 rings (SSSR count). The van der Waals surface area contributed by atoms with E-state index < -0.39 is 15.4 Å². The molecule has 1 amide bonds. The van der Waals surface area contributed by atoms with Gasteiger partial charge in [0.1, 0.15) is 0 Å². The topological polar surface area (TPSA) is 63.2 Å². The van der Waals surface area contributed by atoms with Gasteiger partial charge in [0.2, 0.25) is 5.91 Å². The molecule has 1 fully saturated rings. The number of sulfone groups is 1. The molecule has 5 heteroatoms. The summed E-state index contributed by atoms with van der Waals surface area (Å²) in [6.07, 6.45) is 3.64. The van der Waals surface area contributed by atoms with Gasteiger partial charge in [0.25, 0.3) is 0 Å². The molecular weight excluding hydrogens is 274 g/mol. The number of nitrogens with one attached hydrogen (secondary N) is 1. The van der Waals surface area contributed by atoms with Crippen LogP contribution in [-0.2, 0) is 14.6 Å². The summed E-state index contributed by atoms with van der Waals surface area (Å²) in [7, 11) is -3.01. The monoisotopic (exact) mass is 293 g/mol. The van der Waals surface area contributed by atoms with E-state index in [4.69, 9.17) is 0 Å². The second-order valence-electron chi connectivity index (χ2n) is 5.64. The smallest absolute Gasteiger partial charge is 0.244 e. The van der Waals surface area contributed by atoms with Crippen LogP contribution in [-0.4, -0.2) is 31.4 Å². The zero-order valence-corrected chi connectivity index (χ0v) is 12.5. The second-order valence-corrected chi connectivity index (χ2v) is 7.82. The van der Waals surface area contributed by atoms with Gasteiger partial charge in [0, 0.05) is 6.08 Å². The number of hydrogen-bond donors (Lipinski definition) is 1. The minimum Gasteiger partial charge on any atom is -0.346 e. The quantitative estimate of drug-likeness (QED) is 0.863. The van der Waals surface area contributed by atoms with Crippen molar-refractivity contribution < 1.29 is 13.2 Å². The van der Waals surface area contributed by atoms with E-state index in [9.17, 15) is 13.2 Å². The molecule has 0 radical (unpaired) electrons. The lowest BCUT2D eigenvalue weighted by Gasteiger charge is -2.22. The zero-order chi connectivity index (χ0) is 14.8.